The van der Waals surface area contributed by atoms with Gasteiger partial charge < -0.3 is 10.2 Å². The highest BCUT2D eigenvalue weighted by Crippen LogP contribution is 2.33. The zero-order chi connectivity index (χ0) is 21.0. The fourth-order valence-corrected chi connectivity index (χ4v) is 4.38. The third-order valence-corrected chi connectivity index (χ3v) is 5.97. The summed E-state index contributed by atoms with van der Waals surface area (Å²) in [6.45, 7) is 2.32. The van der Waals surface area contributed by atoms with E-state index in [2.05, 4.69) is 39.4 Å². The molecule has 0 saturated heterocycles. The highest BCUT2D eigenvalue weighted by atomic mass is 79.9. The second-order valence-electron chi connectivity index (χ2n) is 7.79. The maximum Gasteiger partial charge on any atom is 0.238 e. The van der Waals surface area contributed by atoms with Gasteiger partial charge in [-0.3, -0.25) is 14.5 Å². The lowest BCUT2D eigenvalue weighted by molar-refractivity contribution is -0.133. The number of hydrogen-bond donors (Lipinski definition) is 1. The second-order valence-corrected chi connectivity index (χ2v) is 8.71. The van der Waals surface area contributed by atoms with Gasteiger partial charge in [0.1, 0.15) is 0 Å². The van der Waals surface area contributed by atoms with Crippen molar-refractivity contribution in [2.24, 2.45) is 0 Å². The van der Waals surface area contributed by atoms with Gasteiger partial charge in [0, 0.05) is 17.2 Å². The van der Waals surface area contributed by atoms with Crippen molar-refractivity contribution in [3.05, 3.63) is 63.6 Å². The topological polar surface area (TPSA) is 52.7 Å². The lowest BCUT2D eigenvalue weighted by atomic mass is 9.87. The predicted molar refractivity (Wildman–Crippen MR) is 120 cm³/mol. The molecule has 0 saturated carbocycles. The maximum atomic E-state index is 12.8. The van der Waals surface area contributed by atoms with Crippen LogP contribution < -0.4 is 5.32 Å². The van der Waals surface area contributed by atoms with Crippen LogP contribution in [-0.4, -0.2) is 48.8 Å². The van der Waals surface area contributed by atoms with Gasteiger partial charge in [-0.15, -0.1) is 0 Å². The van der Waals surface area contributed by atoms with Crippen LogP contribution in [0.3, 0.4) is 0 Å². The van der Waals surface area contributed by atoms with Crippen molar-refractivity contribution in [3.8, 4) is 0 Å². The van der Waals surface area contributed by atoms with E-state index < -0.39 is 0 Å². The molecule has 1 unspecified atom stereocenters. The van der Waals surface area contributed by atoms with Gasteiger partial charge in [-0.25, -0.2) is 0 Å². The molecule has 2 amide bonds. The van der Waals surface area contributed by atoms with E-state index in [4.69, 9.17) is 0 Å². The summed E-state index contributed by atoms with van der Waals surface area (Å²) in [5.74, 6) is -0.0989. The summed E-state index contributed by atoms with van der Waals surface area (Å²) in [4.78, 5) is 28.8. The number of aryl methyl sites for hydroxylation is 2. The molecule has 1 atom stereocenters. The van der Waals surface area contributed by atoms with Crippen molar-refractivity contribution in [3.63, 3.8) is 0 Å². The molecule has 29 heavy (non-hydrogen) atoms. The fourth-order valence-electron chi connectivity index (χ4n) is 3.90. The summed E-state index contributed by atoms with van der Waals surface area (Å²) in [7, 11) is 3.67. The number of carbonyl (C=O) groups is 2. The van der Waals surface area contributed by atoms with Crippen molar-refractivity contribution in [1.82, 2.24) is 9.80 Å². The molecule has 2 aromatic rings. The van der Waals surface area contributed by atoms with Gasteiger partial charge in [0.05, 0.1) is 19.1 Å². The van der Waals surface area contributed by atoms with Crippen molar-refractivity contribution < 1.29 is 9.59 Å². The van der Waals surface area contributed by atoms with E-state index in [1.54, 1.807) is 11.9 Å². The minimum absolute atomic E-state index is 0.0295. The number of halogens is 1. The van der Waals surface area contributed by atoms with Crippen LogP contribution in [0.4, 0.5) is 5.69 Å². The molecule has 0 radical (unpaired) electrons. The van der Waals surface area contributed by atoms with Crippen LogP contribution in [-0.2, 0) is 16.0 Å². The van der Waals surface area contributed by atoms with Crippen LogP contribution in [0.25, 0.3) is 0 Å². The van der Waals surface area contributed by atoms with Crippen LogP contribution in [0, 0.1) is 6.92 Å². The van der Waals surface area contributed by atoms with E-state index in [1.807, 2.05) is 43.1 Å². The molecule has 0 heterocycles. The van der Waals surface area contributed by atoms with Gasteiger partial charge in [0.15, 0.2) is 0 Å². The van der Waals surface area contributed by atoms with Crippen LogP contribution in [0.15, 0.2) is 46.9 Å². The Kier molecular flexibility index (Phi) is 7.09. The number of nitrogens with one attached hydrogen (secondary N) is 1. The van der Waals surface area contributed by atoms with Crippen molar-refractivity contribution in [2.45, 2.75) is 32.2 Å². The van der Waals surface area contributed by atoms with Crippen molar-refractivity contribution in [1.29, 1.82) is 0 Å². The van der Waals surface area contributed by atoms with Crippen LogP contribution >= 0.6 is 15.9 Å². The quantitative estimate of drug-likeness (QED) is 0.707. The van der Waals surface area contributed by atoms with Gasteiger partial charge in [-0.1, -0.05) is 40.2 Å². The number of likely N-dealkylation sites (N-methyl/N-ethyl adjacent to an activating group) is 2. The molecule has 154 valence electrons. The lowest BCUT2D eigenvalue weighted by Gasteiger charge is -2.34. The smallest absolute Gasteiger partial charge is 0.238 e. The zero-order valence-electron chi connectivity index (χ0n) is 17.2. The SMILES string of the molecule is Cc1cc(Br)ccc1NC(=O)CN(C)CC(=O)N(C)C1CCCc2ccccc21. The monoisotopic (exact) mass is 457 g/mol. The average molecular weight is 458 g/mol. The number of nitrogens with zero attached hydrogens (tertiary/aromatic N) is 2. The molecule has 1 N–H and O–H groups in total. The van der Waals surface area contributed by atoms with Gasteiger partial charge in [0.2, 0.25) is 11.8 Å². The summed E-state index contributed by atoms with van der Waals surface area (Å²) in [6, 6.07) is 14.2. The first-order chi connectivity index (χ1) is 13.8. The second kappa shape index (κ2) is 9.55. The number of rotatable bonds is 6. The Balaban J connectivity index is 1.55. The Morgan fingerprint density at radius 2 is 1.90 bits per heavy atom. The minimum Gasteiger partial charge on any atom is -0.338 e. The van der Waals surface area contributed by atoms with Crippen LogP contribution in [0.5, 0.6) is 0 Å². The van der Waals surface area contributed by atoms with Crippen molar-refractivity contribution in [2.75, 3.05) is 32.5 Å². The highest BCUT2D eigenvalue weighted by molar-refractivity contribution is 9.10. The van der Waals surface area contributed by atoms with Gasteiger partial charge >= 0.3 is 0 Å². The first-order valence-electron chi connectivity index (χ1n) is 9.93. The number of carbonyl (C=O) groups excluding carboxylic acids is 2. The number of fused-ring (bicyclic) bond motifs is 1. The van der Waals surface area contributed by atoms with E-state index >= 15 is 0 Å². The molecule has 0 aliphatic heterocycles. The summed E-state index contributed by atoms with van der Waals surface area (Å²) in [5, 5.41) is 2.92. The summed E-state index contributed by atoms with van der Waals surface area (Å²) in [5.41, 5.74) is 4.36. The number of amides is 2. The molecule has 6 heteroatoms. The summed E-state index contributed by atoms with van der Waals surface area (Å²) < 4.78 is 0.975. The van der Waals surface area contributed by atoms with Crippen molar-refractivity contribution >= 4 is 33.4 Å². The molecule has 0 bridgehead atoms. The molecule has 0 spiro atoms. The van der Waals surface area contributed by atoms with Crippen LogP contribution in [0.2, 0.25) is 0 Å². The van der Waals surface area contributed by atoms with E-state index in [-0.39, 0.29) is 30.9 Å². The molecular formula is C23H28BrN3O2. The van der Waals surface area contributed by atoms with Gasteiger partial charge in [0.25, 0.3) is 0 Å². The zero-order valence-corrected chi connectivity index (χ0v) is 18.8. The largest absolute Gasteiger partial charge is 0.338 e. The normalized spacial score (nSPS) is 15.7. The Hall–Kier alpha value is -2.18. The third-order valence-electron chi connectivity index (χ3n) is 5.48. The first kappa shape index (κ1) is 21.5. The minimum atomic E-state index is -0.128. The Labute approximate surface area is 181 Å². The lowest BCUT2D eigenvalue weighted by Crippen LogP contribution is -2.41. The molecule has 1 aliphatic carbocycles. The maximum absolute atomic E-state index is 12.8. The Bertz CT molecular complexity index is 899. The molecule has 5 nitrogen and oxygen atoms in total. The number of hydrogen-bond acceptors (Lipinski definition) is 3. The molecule has 2 aromatic carbocycles. The fraction of sp³-hybridized carbons (Fsp3) is 0.391. The van der Waals surface area contributed by atoms with E-state index in [1.165, 1.54) is 11.1 Å². The third kappa shape index (κ3) is 5.46. The Morgan fingerprint density at radius 1 is 1.14 bits per heavy atom. The predicted octanol–water partition coefficient (Wildman–Crippen LogP) is 4.16. The number of benzene rings is 2. The Morgan fingerprint density at radius 3 is 2.66 bits per heavy atom. The molecular weight excluding hydrogens is 430 g/mol. The molecule has 0 fully saturated rings. The van der Waals surface area contributed by atoms with E-state index in [9.17, 15) is 9.59 Å². The van der Waals surface area contributed by atoms with Crippen LogP contribution in [0.1, 0.15) is 35.6 Å². The first-order valence-corrected chi connectivity index (χ1v) is 10.7. The van der Waals surface area contributed by atoms with Gasteiger partial charge in [-0.2, -0.15) is 0 Å². The van der Waals surface area contributed by atoms with Gasteiger partial charge in [-0.05, 0) is 68.1 Å². The number of anilines is 1. The van der Waals surface area contributed by atoms with E-state index in [0.717, 1.165) is 35.0 Å². The molecule has 3 rings (SSSR count). The summed E-state index contributed by atoms with van der Waals surface area (Å²) >= 11 is 3.42. The average Bonchev–Trinajstić information content (AvgIpc) is 2.69. The highest BCUT2D eigenvalue weighted by Gasteiger charge is 2.27. The standard InChI is InChI=1S/C23H28BrN3O2/c1-16-13-18(24)11-12-20(16)25-22(28)14-26(2)15-23(29)27(3)21-10-6-8-17-7-4-5-9-19(17)21/h4-5,7,9,11-13,21H,6,8,10,14-15H2,1-3H3,(H,25,28). The van der Waals surface area contributed by atoms with E-state index in [0.29, 0.717) is 0 Å². The molecule has 0 aromatic heterocycles. The summed E-state index contributed by atoms with van der Waals surface area (Å²) in [6.07, 6.45) is 3.14. The molecule has 1 aliphatic rings.